The molecule has 0 N–H and O–H groups in total. The van der Waals surface area contributed by atoms with Crippen LogP contribution in [0.2, 0.25) is 0 Å². The smallest absolute Gasteiger partial charge is 0.233 e. The fourth-order valence-electron chi connectivity index (χ4n) is 2.35. The molecule has 0 aromatic carbocycles. The maximum atomic E-state index is 12.4. The van der Waals surface area contributed by atoms with Crippen molar-refractivity contribution < 1.29 is 9.53 Å². The van der Waals surface area contributed by atoms with E-state index in [9.17, 15) is 4.79 Å². The van der Waals surface area contributed by atoms with Crippen LogP contribution in [0, 0.1) is 0 Å². The first-order valence-electron chi connectivity index (χ1n) is 6.51. The molecule has 1 amide bonds. The zero-order chi connectivity index (χ0) is 13.9. The van der Waals surface area contributed by atoms with Crippen LogP contribution in [-0.4, -0.2) is 29.5 Å². The van der Waals surface area contributed by atoms with Gasteiger partial charge in [-0.3, -0.25) is 14.8 Å². The number of aromatic nitrogens is 2. The summed E-state index contributed by atoms with van der Waals surface area (Å²) in [5.74, 6) is 0.742. The minimum Gasteiger partial charge on any atom is -0.495 e. The first-order chi connectivity index (χ1) is 9.78. The molecule has 102 valence electrons. The highest BCUT2D eigenvalue weighted by molar-refractivity contribution is 5.96. The molecule has 0 radical (unpaired) electrons. The van der Waals surface area contributed by atoms with Crippen LogP contribution < -0.4 is 9.64 Å². The Kier molecular flexibility index (Phi) is 3.33. The summed E-state index contributed by atoms with van der Waals surface area (Å²) in [6.45, 7) is 0.696. The number of hydrogen-bond donors (Lipinski definition) is 0. The molecule has 0 bridgehead atoms. The normalized spacial score (nSPS) is 13.2. The minimum absolute atomic E-state index is 0.0504. The van der Waals surface area contributed by atoms with E-state index < -0.39 is 0 Å². The zero-order valence-electron chi connectivity index (χ0n) is 11.2. The van der Waals surface area contributed by atoms with Crippen LogP contribution in [0.5, 0.6) is 5.75 Å². The van der Waals surface area contributed by atoms with E-state index in [1.807, 2.05) is 24.3 Å². The molecule has 0 saturated carbocycles. The van der Waals surface area contributed by atoms with Crippen LogP contribution in [-0.2, 0) is 17.6 Å². The third-order valence-corrected chi connectivity index (χ3v) is 3.40. The molecule has 0 aliphatic carbocycles. The van der Waals surface area contributed by atoms with Gasteiger partial charge in [-0.2, -0.15) is 0 Å². The summed E-state index contributed by atoms with van der Waals surface area (Å²) in [5.41, 5.74) is 2.66. The maximum absolute atomic E-state index is 12.4. The second kappa shape index (κ2) is 5.28. The standard InChI is InChI=1S/C15H15N3O2/c1-20-12-5-4-11(17-10-12)9-15(19)18-8-6-13-14(18)3-2-7-16-13/h2-5,7,10H,6,8-9H2,1H3. The van der Waals surface area contributed by atoms with Crippen molar-refractivity contribution in [2.45, 2.75) is 12.8 Å². The molecule has 0 fully saturated rings. The molecular weight excluding hydrogens is 254 g/mol. The second-order valence-electron chi connectivity index (χ2n) is 4.63. The molecule has 1 aliphatic heterocycles. The van der Waals surface area contributed by atoms with Crippen molar-refractivity contribution in [1.82, 2.24) is 9.97 Å². The van der Waals surface area contributed by atoms with Gasteiger partial charge in [-0.25, -0.2) is 0 Å². The Morgan fingerprint density at radius 2 is 2.25 bits per heavy atom. The minimum atomic E-state index is 0.0504. The summed E-state index contributed by atoms with van der Waals surface area (Å²) in [4.78, 5) is 22.7. The van der Waals surface area contributed by atoms with Gasteiger partial charge in [0.15, 0.2) is 0 Å². The van der Waals surface area contributed by atoms with Gasteiger partial charge < -0.3 is 9.64 Å². The Hall–Kier alpha value is -2.43. The fourth-order valence-corrected chi connectivity index (χ4v) is 2.35. The van der Waals surface area contributed by atoms with Gasteiger partial charge in [-0.05, 0) is 24.3 Å². The summed E-state index contributed by atoms with van der Waals surface area (Å²) >= 11 is 0. The van der Waals surface area contributed by atoms with Crippen molar-refractivity contribution in [1.29, 1.82) is 0 Å². The van der Waals surface area contributed by atoms with Gasteiger partial charge in [0.05, 0.1) is 31.1 Å². The molecule has 0 spiro atoms. The third-order valence-electron chi connectivity index (χ3n) is 3.40. The van der Waals surface area contributed by atoms with Crippen molar-refractivity contribution in [2.75, 3.05) is 18.6 Å². The highest BCUT2D eigenvalue weighted by Crippen LogP contribution is 2.26. The number of ether oxygens (including phenoxy) is 1. The van der Waals surface area contributed by atoms with Gasteiger partial charge in [0, 0.05) is 24.9 Å². The summed E-state index contributed by atoms with van der Waals surface area (Å²) < 4.78 is 5.05. The Morgan fingerprint density at radius 3 is 3.00 bits per heavy atom. The molecule has 5 heteroatoms. The van der Waals surface area contributed by atoms with E-state index in [1.54, 1.807) is 24.4 Å². The van der Waals surface area contributed by atoms with Gasteiger partial charge in [0.1, 0.15) is 5.75 Å². The number of anilines is 1. The first-order valence-corrected chi connectivity index (χ1v) is 6.51. The lowest BCUT2D eigenvalue weighted by atomic mass is 10.2. The monoisotopic (exact) mass is 269 g/mol. The summed E-state index contributed by atoms with van der Waals surface area (Å²) in [5, 5.41) is 0. The predicted octanol–water partition coefficient (Wildman–Crippen LogP) is 1.62. The molecule has 5 nitrogen and oxygen atoms in total. The van der Waals surface area contributed by atoms with Gasteiger partial charge in [-0.15, -0.1) is 0 Å². The Labute approximate surface area is 117 Å². The van der Waals surface area contributed by atoms with Crippen molar-refractivity contribution in [3.63, 3.8) is 0 Å². The van der Waals surface area contributed by atoms with E-state index in [0.717, 1.165) is 23.5 Å². The number of rotatable bonds is 3. The summed E-state index contributed by atoms with van der Waals surface area (Å²) in [6.07, 6.45) is 4.50. The second-order valence-corrected chi connectivity index (χ2v) is 4.63. The zero-order valence-corrected chi connectivity index (χ0v) is 11.2. The molecule has 2 aromatic rings. The number of nitrogens with zero attached hydrogens (tertiary/aromatic N) is 3. The lowest BCUT2D eigenvalue weighted by molar-refractivity contribution is -0.117. The van der Waals surface area contributed by atoms with Gasteiger partial charge in [0.2, 0.25) is 5.91 Å². The van der Waals surface area contributed by atoms with Crippen LogP contribution in [0.1, 0.15) is 11.4 Å². The number of carbonyl (C=O) groups excluding carboxylic acids is 1. The fraction of sp³-hybridized carbons (Fsp3) is 0.267. The largest absolute Gasteiger partial charge is 0.495 e. The van der Waals surface area contributed by atoms with Gasteiger partial charge in [-0.1, -0.05) is 0 Å². The summed E-state index contributed by atoms with van der Waals surface area (Å²) in [7, 11) is 1.59. The first kappa shape index (κ1) is 12.6. The lowest BCUT2D eigenvalue weighted by Crippen LogP contribution is -2.30. The Balaban J connectivity index is 1.74. The number of hydrogen-bond acceptors (Lipinski definition) is 4. The Bertz CT molecular complexity index is 625. The highest BCUT2D eigenvalue weighted by Gasteiger charge is 2.25. The van der Waals surface area contributed by atoms with Crippen molar-refractivity contribution in [3.8, 4) is 5.75 Å². The average molecular weight is 269 g/mol. The predicted molar refractivity (Wildman–Crippen MR) is 74.8 cm³/mol. The Morgan fingerprint density at radius 1 is 1.35 bits per heavy atom. The number of carbonyl (C=O) groups is 1. The number of methoxy groups -OCH3 is 1. The third kappa shape index (κ3) is 2.34. The topological polar surface area (TPSA) is 55.3 Å². The highest BCUT2D eigenvalue weighted by atomic mass is 16.5. The van der Waals surface area contributed by atoms with Crippen LogP contribution in [0.25, 0.3) is 0 Å². The van der Waals surface area contributed by atoms with E-state index in [4.69, 9.17) is 4.74 Å². The average Bonchev–Trinajstić information content (AvgIpc) is 2.92. The molecule has 3 heterocycles. The quantitative estimate of drug-likeness (QED) is 0.849. The number of pyridine rings is 2. The SMILES string of the molecule is COc1ccc(CC(=O)N2CCc3ncccc32)nc1. The molecule has 0 atom stereocenters. The molecule has 2 aromatic heterocycles. The van der Waals surface area contributed by atoms with E-state index >= 15 is 0 Å². The van der Waals surface area contributed by atoms with Crippen LogP contribution in [0.15, 0.2) is 36.7 Å². The molecule has 20 heavy (non-hydrogen) atoms. The van der Waals surface area contributed by atoms with Crippen LogP contribution in [0.3, 0.4) is 0 Å². The molecule has 1 aliphatic rings. The maximum Gasteiger partial charge on any atom is 0.233 e. The molecular formula is C15H15N3O2. The summed E-state index contributed by atoms with van der Waals surface area (Å²) in [6, 6.07) is 7.43. The van der Waals surface area contributed by atoms with Crippen molar-refractivity contribution in [3.05, 3.63) is 48.0 Å². The van der Waals surface area contributed by atoms with Gasteiger partial charge >= 0.3 is 0 Å². The van der Waals surface area contributed by atoms with E-state index in [1.165, 1.54) is 0 Å². The van der Waals surface area contributed by atoms with E-state index in [2.05, 4.69) is 9.97 Å². The van der Waals surface area contributed by atoms with E-state index in [-0.39, 0.29) is 5.91 Å². The number of fused-ring (bicyclic) bond motifs is 1. The van der Waals surface area contributed by atoms with Gasteiger partial charge in [0.25, 0.3) is 0 Å². The lowest BCUT2D eigenvalue weighted by Gasteiger charge is -2.16. The van der Waals surface area contributed by atoms with Crippen LogP contribution in [0.4, 0.5) is 5.69 Å². The number of amides is 1. The van der Waals surface area contributed by atoms with Crippen molar-refractivity contribution in [2.24, 2.45) is 0 Å². The van der Waals surface area contributed by atoms with E-state index in [0.29, 0.717) is 18.7 Å². The van der Waals surface area contributed by atoms with Crippen molar-refractivity contribution >= 4 is 11.6 Å². The van der Waals surface area contributed by atoms with Crippen LogP contribution >= 0.6 is 0 Å². The molecule has 3 rings (SSSR count). The molecule has 0 saturated heterocycles. The molecule has 0 unspecified atom stereocenters.